The fourth-order valence-corrected chi connectivity index (χ4v) is 0.950. The molecule has 0 bridgehead atoms. The Hall–Kier alpha value is -1.63. The number of hydrogen-bond donors (Lipinski definition) is 3. The molecule has 3 amide bonds. The minimum Gasteiger partial charge on any atom is -0.466 e. The van der Waals surface area contributed by atoms with E-state index in [1.807, 2.05) is 5.32 Å². The first-order valence-corrected chi connectivity index (χ1v) is 5.02. The molecule has 0 saturated carbocycles. The van der Waals surface area contributed by atoms with Crippen LogP contribution in [0.15, 0.2) is 0 Å². The van der Waals surface area contributed by atoms with Gasteiger partial charge in [-0.15, -0.1) is 0 Å². The van der Waals surface area contributed by atoms with E-state index in [4.69, 9.17) is 10.5 Å². The van der Waals surface area contributed by atoms with Gasteiger partial charge in [-0.1, -0.05) is 0 Å². The lowest BCUT2D eigenvalue weighted by atomic mass is 10.3. The van der Waals surface area contributed by atoms with Gasteiger partial charge in [-0.25, -0.2) is 4.79 Å². The van der Waals surface area contributed by atoms with Crippen LogP contribution in [-0.4, -0.2) is 37.6 Å². The van der Waals surface area contributed by atoms with Crippen molar-refractivity contribution in [1.82, 2.24) is 10.6 Å². The monoisotopic (exact) mass is 231 g/mol. The molecule has 7 nitrogen and oxygen atoms in total. The van der Waals surface area contributed by atoms with Gasteiger partial charge in [0.1, 0.15) is 0 Å². The molecular formula is C9H17N3O4. The molecule has 0 aromatic carbocycles. The zero-order valence-corrected chi connectivity index (χ0v) is 9.25. The van der Waals surface area contributed by atoms with Crippen molar-refractivity contribution in [3.63, 3.8) is 0 Å². The van der Waals surface area contributed by atoms with Crippen LogP contribution in [-0.2, 0) is 14.3 Å². The second-order valence-electron chi connectivity index (χ2n) is 2.97. The lowest BCUT2D eigenvalue weighted by molar-refractivity contribution is -0.142. The van der Waals surface area contributed by atoms with Crippen molar-refractivity contribution >= 4 is 17.9 Å². The first-order valence-electron chi connectivity index (χ1n) is 5.02. The van der Waals surface area contributed by atoms with Gasteiger partial charge in [0, 0.05) is 19.5 Å². The minimum absolute atomic E-state index is 0.131. The Morgan fingerprint density at radius 3 is 2.38 bits per heavy atom. The molecule has 0 aliphatic carbocycles. The second kappa shape index (κ2) is 8.66. The lowest BCUT2D eigenvalue weighted by Gasteiger charge is -2.04. The molecule has 0 fully saturated rings. The van der Waals surface area contributed by atoms with E-state index < -0.39 is 11.9 Å². The summed E-state index contributed by atoms with van der Waals surface area (Å²) in [5.74, 6) is -0.729. The molecule has 7 heteroatoms. The maximum Gasteiger partial charge on any atom is 0.318 e. The van der Waals surface area contributed by atoms with Gasteiger partial charge in [0.15, 0.2) is 0 Å². The van der Waals surface area contributed by atoms with Crippen molar-refractivity contribution in [3.05, 3.63) is 0 Å². The smallest absolute Gasteiger partial charge is 0.318 e. The maximum atomic E-state index is 10.9. The summed E-state index contributed by atoms with van der Waals surface area (Å²) in [6.45, 7) is 2.90. The molecule has 0 aromatic heterocycles. The summed E-state index contributed by atoms with van der Waals surface area (Å²) in [5, 5.41) is 4.80. The zero-order chi connectivity index (χ0) is 12.4. The largest absolute Gasteiger partial charge is 0.466 e. The molecule has 0 radical (unpaired) electrons. The number of nitrogens with one attached hydrogen (secondary N) is 2. The number of nitrogens with two attached hydrogens (primary N) is 1. The molecule has 4 N–H and O–H groups in total. The summed E-state index contributed by atoms with van der Waals surface area (Å²) in [7, 11) is 0. The van der Waals surface area contributed by atoms with E-state index in [1.165, 1.54) is 0 Å². The van der Waals surface area contributed by atoms with Crippen LogP contribution in [0.2, 0.25) is 0 Å². The molecule has 0 atom stereocenters. The van der Waals surface area contributed by atoms with Crippen LogP contribution in [0.5, 0.6) is 0 Å². The van der Waals surface area contributed by atoms with Crippen LogP contribution >= 0.6 is 0 Å². The van der Waals surface area contributed by atoms with Crippen molar-refractivity contribution in [2.45, 2.75) is 19.8 Å². The maximum absolute atomic E-state index is 10.9. The first-order chi connectivity index (χ1) is 7.56. The van der Waals surface area contributed by atoms with Gasteiger partial charge in [0.2, 0.25) is 5.91 Å². The number of imide groups is 1. The van der Waals surface area contributed by atoms with Gasteiger partial charge in [-0.2, -0.15) is 0 Å². The topological polar surface area (TPSA) is 111 Å². The third-order valence-corrected chi connectivity index (χ3v) is 1.60. The number of hydrogen-bond acceptors (Lipinski definition) is 5. The average Bonchev–Trinajstić information content (AvgIpc) is 2.16. The van der Waals surface area contributed by atoms with Crippen LogP contribution in [0.3, 0.4) is 0 Å². The van der Waals surface area contributed by atoms with Crippen molar-refractivity contribution < 1.29 is 19.1 Å². The van der Waals surface area contributed by atoms with Crippen LogP contribution in [0.4, 0.5) is 4.79 Å². The molecule has 0 aliphatic rings. The van der Waals surface area contributed by atoms with Gasteiger partial charge >= 0.3 is 12.0 Å². The van der Waals surface area contributed by atoms with E-state index in [2.05, 4.69) is 5.32 Å². The molecular weight excluding hydrogens is 214 g/mol. The molecule has 0 rings (SSSR count). The summed E-state index contributed by atoms with van der Waals surface area (Å²) in [6.07, 6.45) is 0.386. The van der Waals surface area contributed by atoms with Gasteiger partial charge in [0.05, 0.1) is 13.0 Å². The minimum atomic E-state index is -0.864. The predicted octanol–water partition coefficient (Wildman–Crippen LogP) is -0.886. The predicted molar refractivity (Wildman–Crippen MR) is 56.5 cm³/mol. The Balaban J connectivity index is 3.36. The fourth-order valence-electron chi connectivity index (χ4n) is 0.950. The third-order valence-electron chi connectivity index (χ3n) is 1.60. The molecule has 92 valence electrons. The molecule has 0 spiro atoms. The van der Waals surface area contributed by atoms with E-state index >= 15 is 0 Å². The molecule has 0 heterocycles. The van der Waals surface area contributed by atoms with E-state index in [9.17, 15) is 14.4 Å². The van der Waals surface area contributed by atoms with Crippen LogP contribution in [0.25, 0.3) is 0 Å². The Kier molecular flexibility index (Phi) is 7.78. The second-order valence-corrected chi connectivity index (χ2v) is 2.97. The number of amides is 3. The van der Waals surface area contributed by atoms with E-state index in [0.717, 1.165) is 0 Å². The van der Waals surface area contributed by atoms with Crippen LogP contribution in [0, 0.1) is 0 Å². The summed E-state index contributed by atoms with van der Waals surface area (Å²) in [4.78, 5) is 32.1. The summed E-state index contributed by atoms with van der Waals surface area (Å²) in [5.41, 5.74) is 4.74. The van der Waals surface area contributed by atoms with Crippen LogP contribution < -0.4 is 16.4 Å². The highest BCUT2D eigenvalue weighted by Crippen LogP contribution is 1.84. The highest BCUT2D eigenvalue weighted by Gasteiger charge is 2.04. The number of primary amides is 1. The van der Waals surface area contributed by atoms with Crippen molar-refractivity contribution in [1.29, 1.82) is 0 Å². The number of esters is 1. The highest BCUT2D eigenvalue weighted by molar-refractivity contribution is 5.93. The SMILES string of the molecule is CCOC(=O)CCNCCC(=O)NC(N)=O. The van der Waals surface area contributed by atoms with Gasteiger partial charge in [-0.05, 0) is 6.92 Å². The van der Waals surface area contributed by atoms with Crippen molar-refractivity contribution in [2.24, 2.45) is 5.73 Å². The number of carbonyl (C=O) groups is 3. The van der Waals surface area contributed by atoms with E-state index in [1.54, 1.807) is 6.92 Å². The molecule has 16 heavy (non-hydrogen) atoms. The normalized spacial score (nSPS) is 9.56. The fraction of sp³-hybridized carbons (Fsp3) is 0.667. The summed E-state index contributed by atoms with van der Waals surface area (Å²) < 4.78 is 4.70. The number of ether oxygens (including phenoxy) is 1. The molecule has 0 unspecified atom stereocenters. The lowest BCUT2D eigenvalue weighted by Crippen LogP contribution is -2.36. The van der Waals surface area contributed by atoms with Crippen LogP contribution in [0.1, 0.15) is 19.8 Å². The zero-order valence-electron chi connectivity index (χ0n) is 9.25. The highest BCUT2D eigenvalue weighted by atomic mass is 16.5. The number of urea groups is 1. The summed E-state index contributed by atoms with van der Waals surface area (Å²) in [6, 6.07) is -0.864. The Morgan fingerprint density at radius 1 is 1.19 bits per heavy atom. The average molecular weight is 231 g/mol. The van der Waals surface area contributed by atoms with Gasteiger partial charge in [-0.3, -0.25) is 14.9 Å². The van der Waals surface area contributed by atoms with Gasteiger partial charge in [0.25, 0.3) is 0 Å². The first kappa shape index (κ1) is 14.4. The van der Waals surface area contributed by atoms with Gasteiger partial charge < -0.3 is 15.8 Å². The third kappa shape index (κ3) is 8.95. The van der Waals surface area contributed by atoms with Crippen molar-refractivity contribution in [2.75, 3.05) is 19.7 Å². The number of carbonyl (C=O) groups excluding carboxylic acids is 3. The van der Waals surface area contributed by atoms with E-state index in [0.29, 0.717) is 19.7 Å². The quantitative estimate of drug-likeness (QED) is 0.389. The Morgan fingerprint density at radius 2 is 1.81 bits per heavy atom. The molecule has 0 aliphatic heterocycles. The summed E-state index contributed by atoms with van der Waals surface area (Å²) >= 11 is 0. The van der Waals surface area contributed by atoms with E-state index in [-0.39, 0.29) is 18.8 Å². The molecule has 0 aromatic rings. The Labute approximate surface area is 93.7 Å². The number of rotatable bonds is 7. The molecule has 0 saturated heterocycles. The standard InChI is InChI=1S/C9H17N3O4/c1-2-16-8(14)4-6-11-5-3-7(13)12-9(10)15/h11H,2-6H2,1H3,(H3,10,12,13,15). The van der Waals surface area contributed by atoms with Crippen molar-refractivity contribution in [3.8, 4) is 0 Å². The Bertz CT molecular complexity index is 255.